The van der Waals surface area contributed by atoms with Crippen molar-refractivity contribution in [3.63, 3.8) is 0 Å². The van der Waals surface area contributed by atoms with Crippen molar-refractivity contribution in [3.8, 4) is 0 Å². The minimum absolute atomic E-state index is 0.184. The van der Waals surface area contributed by atoms with Gasteiger partial charge in [0, 0.05) is 0 Å². The molecule has 0 aromatic rings. The molecule has 0 amide bonds. The van der Waals surface area contributed by atoms with Gasteiger partial charge in [0.1, 0.15) is 0 Å². The lowest BCUT2D eigenvalue weighted by Gasteiger charge is -2.13. The SMILES string of the molecule is COC(=O)C1(CCCCCCC2CCCCCC2)CO1. The van der Waals surface area contributed by atoms with Crippen LogP contribution in [-0.2, 0) is 14.3 Å². The molecular formula is C17H30O3. The highest BCUT2D eigenvalue weighted by molar-refractivity contribution is 5.82. The second kappa shape index (κ2) is 8.02. The summed E-state index contributed by atoms with van der Waals surface area (Å²) in [6.45, 7) is 0.557. The lowest BCUT2D eigenvalue weighted by molar-refractivity contribution is -0.147. The van der Waals surface area contributed by atoms with Gasteiger partial charge in [-0.05, 0) is 18.8 Å². The number of hydrogen-bond acceptors (Lipinski definition) is 3. The van der Waals surface area contributed by atoms with E-state index in [0.29, 0.717) is 6.61 Å². The van der Waals surface area contributed by atoms with E-state index in [9.17, 15) is 4.79 Å². The molecule has 1 aliphatic carbocycles. The van der Waals surface area contributed by atoms with E-state index in [1.54, 1.807) is 0 Å². The number of unbranched alkanes of at least 4 members (excludes halogenated alkanes) is 3. The van der Waals surface area contributed by atoms with Crippen LogP contribution < -0.4 is 0 Å². The molecule has 1 saturated heterocycles. The fourth-order valence-corrected chi connectivity index (χ4v) is 3.49. The normalized spacial score (nSPS) is 27.1. The first kappa shape index (κ1) is 15.8. The van der Waals surface area contributed by atoms with Crippen molar-refractivity contribution in [1.29, 1.82) is 0 Å². The maximum Gasteiger partial charge on any atom is 0.340 e. The summed E-state index contributed by atoms with van der Waals surface area (Å²) in [5.41, 5.74) is -0.559. The van der Waals surface area contributed by atoms with Gasteiger partial charge >= 0.3 is 5.97 Å². The quantitative estimate of drug-likeness (QED) is 0.289. The topological polar surface area (TPSA) is 38.8 Å². The van der Waals surface area contributed by atoms with Crippen LogP contribution in [0, 0.1) is 5.92 Å². The van der Waals surface area contributed by atoms with Crippen LogP contribution in [0.2, 0.25) is 0 Å². The van der Waals surface area contributed by atoms with Gasteiger partial charge in [-0.15, -0.1) is 0 Å². The molecule has 3 heteroatoms. The van der Waals surface area contributed by atoms with E-state index in [2.05, 4.69) is 0 Å². The molecule has 2 aliphatic rings. The minimum Gasteiger partial charge on any atom is -0.467 e. The molecule has 0 N–H and O–H groups in total. The Balaban J connectivity index is 1.48. The van der Waals surface area contributed by atoms with Gasteiger partial charge in [-0.25, -0.2) is 4.79 Å². The summed E-state index contributed by atoms with van der Waals surface area (Å²) in [5, 5.41) is 0. The Labute approximate surface area is 123 Å². The zero-order chi connectivity index (χ0) is 14.3. The molecule has 0 aromatic heterocycles. The standard InChI is InChI=1S/C17H30O3/c1-19-16(18)17(14-20-17)13-9-5-4-8-12-15-10-6-2-3-7-11-15/h15H,2-14H2,1H3. The molecule has 1 heterocycles. The Bertz CT molecular complexity index is 289. The summed E-state index contributed by atoms with van der Waals surface area (Å²) in [6.07, 6.45) is 15.9. The third kappa shape index (κ3) is 4.76. The van der Waals surface area contributed by atoms with E-state index in [4.69, 9.17) is 9.47 Å². The number of carbonyl (C=O) groups excluding carboxylic acids is 1. The van der Waals surface area contributed by atoms with Crippen LogP contribution >= 0.6 is 0 Å². The van der Waals surface area contributed by atoms with Crippen LogP contribution in [0.5, 0.6) is 0 Å². The first-order valence-corrected chi connectivity index (χ1v) is 8.49. The van der Waals surface area contributed by atoms with Crippen LogP contribution in [-0.4, -0.2) is 25.3 Å². The fraction of sp³-hybridized carbons (Fsp3) is 0.941. The van der Waals surface area contributed by atoms with Crippen LogP contribution in [0.3, 0.4) is 0 Å². The van der Waals surface area contributed by atoms with Crippen molar-refractivity contribution in [3.05, 3.63) is 0 Å². The fourth-order valence-electron chi connectivity index (χ4n) is 3.49. The Morgan fingerprint density at radius 2 is 1.75 bits per heavy atom. The molecule has 1 saturated carbocycles. The first-order valence-electron chi connectivity index (χ1n) is 8.49. The Kier molecular flexibility index (Phi) is 6.34. The van der Waals surface area contributed by atoms with Gasteiger partial charge in [-0.3, -0.25) is 0 Å². The minimum atomic E-state index is -0.559. The average molecular weight is 282 g/mol. The monoisotopic (exact) mass is 282 g/mol. The molecule has 20 heavy (non-hydrogen) atoms. The van der Waals surface area contributed by atoms with Crippen molar-refractivity contribution >= 4 is 5.97 Å². The van der Waals surface area contributed by atoms with Gasteiger partial charge in [0.25, 0.3) is 0 Å². The van der Waals surface area contributed by atoms with Crippen LogP contribution in [0.15, 0.2) is 0 Å². The predicted molar refractivity (Wildman–Crippen MR) is 79.6 cm³/mol. The Hall–Kier alpha value is -0.570. The van der Waals surface area contributed by atoms with Crippen LogP contribution in [0.1, 0.15) is 77.0 Å². The molecule has 0 spiro atoms. The highest BCUT2D eigenvalue weighted by Gasteiger charge is 2.52. The summed E-state index contributed by atoms with van der Waals surface area (Å²) >= 11 is 0. The molecule has 2 rings (SSSR count). The number of epoxide rings is 1. The van der Waals surface area contributed by atoms with Crippen molar-refractivity contribution in [2.45, 2.75) is 82.7 Å². The molecule has 3 nitrogen and oxygen atoms in total. The molecule has 116 valence electrons. The number of ether oxygens (including phenoxy) is 2. The summed E-state index contributed by atoms with van der Waals surface area (Å²) in [7, 11) is 1.44. The predicted octanol–water partition coefficient (Wildman–Crippen LogP) is 4.24. The highest BCUT2D eigenvalue weighted by atomic mass is 16.6. The van der Waals surface area contributed by atoms with Gasteiger partial charge < -0.3 is 9.47 Å². The molecule has 0 aromatic carbocycles. The molecule has 1 unspecified atom stereocenters. The van der Waals surface area contributed by atoms with Crippen LogP contribution in [0.4, 0.5) is 0 Å². The lowest BCUT2D eigenvalue weighted by Crippen LogP contribution is -2.25. The summed E-state index contributed by atoms with van der Waals surface area (Å²) in [4.78, 5) is 11.5. The molecule has 0 radical (unpaired) electrons. The van der Waals surface area contributed by atoms with E-state index < -0.39 is 5.60 Å². The third-order valence-corrected chi connectivity index (χ3v) is 4.97. The van der Waals surface area contributed by atoms with Gasteiger partial charge in [0.15, 0.2) is 5.60 Å². The van der Waals surface area contributed by atoms with E-state index in [1.165, 1.54) is 71.3 Å². The summed E-state index contributed by atoms with van der Waals surface area (Å²) < 4.78 is 10.1. The second-order valence-electron chi connectivity index (χ2n) is 6.59. The van der Waals surface area contributed by atoms with Gasteiger partial charge in [0.2, 0.25) is 0 Å². The van der Waals surface area contributed by atoms with E-state index >= 15 is 0 Å². The van der Waals surface area contributed by atoms with E-state index in [0.717, 1.165) is 18.8 Å². The smallest absolute Gasteiger partial charge is 0.340 e. The van der Waals surface area contributed by atoms with Crippen LogP contribution in [0.25, 0.3) is 0 Å². The van der Waals surface area contributed by atoms with Crippen molar-refractivity contribution < 1.29 is 14.3 Å². The number of hydrogen-bond donors (Lipinski definition) is 0. The van der Waals surface area contributed by atoms with Gasteiger partial charge in [0.05, 0.1) is 13.7 Å². The Morgan fingerprint density at radius 1 is 1.10 bits per heavy atom. The third-order valence-electron chi connectivity index (χ3n) is 4.97. The van der Waals surface area contributed by atoms with Crippen molar-refractivity contribution in [1.82, 2.24) is 0 Å². The van der Waals surface area contributed by atoms with E-state index in [1.807, 2.05) is 0 Å². The summed E-state index contributed by atoms with van der Waals surface area (Å²) in [6, 6.07) is 0. The maximum atomic E-state index is 11.5. The lowest BCUT2D eigenvalue weighted by atomic mass is 9.93. The average Bonchev–Trinajstić information content (AvgIpc) is 3.27. The zero-order valence-corrected chi connectivity index (χ0v) is 13.0. The Morgan fingerprint density at radius 3 is 2.35 bits per heavy atom. The highest BCUT2D eigenvalue weighted by Crippen LogP contribution is 2.34. The second-order valence-corrected chi connectivity index (χ2v) is 6.59. The van der Waals surface area contributed by atoms with Crippen molar-refractivity contribution in [2.24, 2.45) is 5.92 Å². The molecule has 1 aliphatic heterocycles. The molecular weight excluding hydrogens is 252 g/mol. The largest absolute Gasteiger partial charge is 0.467 e. The van der Waals surface area contributed by atoms with E-state index in [-0.39, 0.29) is 5.97 Å². The molecule has 2 fully saturated rings. The molecule has 0 bridgehead atoms. The zero-order valence-electron chi connectivity index (χ0n) is 13.0. The van der Waals surface area contributed by atoms with Gasteiger partial charge in [-0.1, -0.05) is 64.2 Å². The maximum absolute atomic E-state index is 11.5. The number of methoxy groups -OCH3 is 1. The number of carbonyl (C=O) groups is 1. The molecule has 1 atom stereocenters. The van der Waals surface area contributed by atoms with Gasteiger partial charge in [-0.2, -0.15) is 0 Å². The summed E-state index contributed by atoms with van der Waals surface area (Å²) in [5.74, 6) is 0.807. The first-order chi connectivity index (χ1) is 9.77. The number of esters is 1. The van der Waals surface area contributed by atoms with Crippen molar-refractivity contribution in [2.75, 3.05) is 13.7 Å². The number of rotatable bonds is 8.